The van der Waals surface area contributed by atoms with Gasteiger partial charge in [0, 0.05) is 9.50 Å². The number of benzene rings is 2. The number of cyclic esters (lactones) is 1. The molecule has 0 saturated carbocycles. The van der Waals surface area contributed by atoms with Crippen molar-refractivity contribution in [1.29, 1.82) is 0 Å². The van der Waals surface area contributed by atoms with Gasteiger partial charge in [-0.3, -0.25) is 9.69 Å². The van der Waals surface area contributed by atoms with Crippen molar-refractivity contribution in [2.45, 2.75) is 6.04 Å². The molecule has 0 unspecified atom stereocenters. The monoisotopic (exact) mass is 493 g/mol. The standard InChI is InChI=1S/C20H14BrClFN3O4/c21-11-3-6-14(13(23)7-11)24-16(27)8-26-15-9-30-19(28)17(15)18(25-20(26)29)10-1-4-12(22)5-2-10/h1-7,18H,8-9H2,(H,24,27)(H,25,29)/t18-/m0/s1. The van der Waals surface area contributed by atoms with Gasteiger partial charge in [0.15, 0.2) is 0 Å². The molecule has 154 valence electrons. The first-order chi connectivity index (χ1) is 14.3. The maximum atomic E-state index is 14.0. The highest BCUT2D eigenvalue weighted by Gasteiger charge is 2.42. The Morgan fingerprint density at radius 1 is 1.27 bits per heavy atom. The van der Waals surface area contributed by atoms with Crippen LogP contribution < -0.4 is 10.6 Å². The van der Waals surface area contributed by atoms with Crippen LogP contribution in [0.15, 0.2) is 58.2 Å². The second-order valence-electron chi connectivity index (χ2n) is 6.63. The van der Waals surface area contributed by atoms with Crippen LogP contribution in [-0.2, 0) is 14.3 Å². The quantitative estimate of drug-likeness (QED) is 0.634. The number of nitrogens with zero attached hydrogens (tertiary/aromatic N) is 1. The van der Waals surface area contributed by atoms with E-state index < -0.39 is 36.3 Å². The Morgan fingerprint density at radius 3 is 2.70 bits per heavy atom. The highest BCUT2D eigenvalue weighted by molar-refractivity contribution is 9.10. The van der Waals surface area contributed by atoms with Crippen molar-refractivity contribution in [3.05, 3.63) is 74.6 Å². The number of carbonyl (C=O) groups is 3. The van der Waals surface area contributed by atoms with Crippen LogP contribution in [0.5, 0.6) is 0 Å². The zero-order valence-electron chi connectivity index (χ0n) is 15.2. The molecule has 1 atom stereocenters. The summed E-state index contributed by atoms with van der Waals surface area (Å²) in [5, 5.41) is 5.66. The van der Waals surface area contributed by atoms with Gasteiger partial charge in [-0.1, -0.05) is 39.7 Å². The van der Waals surface area contributed by atoms with Crippen LogP contribution in [0.25, 0.3) is 0 Å². The Kier molecular flexibility index (Phi) is 5.48. The second-order valence-corrected chi connectivity index (χ2v) is 7.98. The molecule has 2 aliphatic heterocycles. The number of hydrogen-bond acceptors (Lipinski definition) is 4. The van der Waals surface area contributed by atoms with Crippen molar-refractivity contribution in [2.24, 2.45) is 0 Å². The van der Waals surface area contributed by atoms with E-state index in [9.17, 15) is 18.8 Å². The van der Waals surface area contributed by atoms with Gasteiger partial charge >= 0.3 is 12.0 Å². The summed E-state index contributed by atoms with van der Waals surface area (Å²) in [6.07, 6.45) is 0. The first-order valence-electron chi connectivity index (χ1n) is 8.82. The number of ether oxygens (including phenoxy) is 1. The molecule has 30 heavy (non-hydrogen) atoms. The lowest BCUT2D eigenvalue weighted by molar-refractivity contribution is -0.136. The Balaban J connectivity index is 1.59. The van der Waals surface area contributed by atoms with Crippen LogP contribution in [0.2, 0.25) is 5.02 Å². The average Bonchev–Trinajstić information content (AvgIpc) is 3.08. The van der Waals surface area contributed by atoms with Crippen molar-refractivity contribution < 1.29 is 23.5 Å². The fourth-order valence-corrected chi connectivity index (χ4v) is 3.77. The maximum absolute atomic E-state index is 14.0. The lowest BCUT2D eigenvalue weighted by Gasteiger charge is -2.32. The summed E-state index contributed by atoms with van der Waals surface area (Å²) < 4.78 is 19.6. The van der Waals surface area contributed by atoms with Crippen molar-refractivity contribution in [3.8, 4) is 0 Å². The summed E-state index contributed by atoms with van der Waals surface area (Å²) in [5.74, 6) is -1.82. The number of esters is 1. The Labute approximate surface area is 184 Å². The largest absolute Gasteiger partial charge is 0.456 e. The Hall–Kier alpha value is -2.91. The highest BCUT2D eigenvalue weighted by atomic mass is 79.9. The van der Waals surface area contributed by atoms with E-state index >= 15 is 0 Å². The van der Waals surface area contributed by atoms with E-state index in [1.165, 1.54) is 12.1 Å². The molecule has 0 spiro atoms. The van der Waals surface area contributed by atoms with Crippen LogP contribution in [-0.4, -0.2) is 36.0 Å². The van der Waals surface area contributed by atoms with Crippen LogP contribution in [0, 0.1) is 5.82 Å². The van der Waals surface area contributed by atoms with E-state index in [0.29, 0.717) is 20.8 Å². The number of anilines is 1. The zero-order valence-corrected chi connectivity index (χ0v) is 17.6. The number of halogens is 3. The maximum Gasteiger partial charge on any atom is 0.338 e. The number of urea groups is 1. The molecular weight excluding hydrogens is 481 g/mol. The molecule has 0 aromatic heterocycles. The number of carbonyl (C=O) groups excluding carboxylic acids is 3. The van der Waals surface area contributed by atoms with Gasteiger partial charge in [0.2, 0.25) is 5.91 Å². The molecule has 4 rings (SSSR count). The van der Waals surface area contributed by atoms with Crippen molar-refractivity contribution in [2.75, 3.05) is 18.5 Å². The van der Waals surface area contributed by atoms with Gasteiger partial charge in [-0.05, 0) is 35.9 Å². The molecule has 10 heteroatoms. The van der Waals surface area contributed by atoms with E-state index in [4.69, 9.17) is 16.3 Å². The molecule has 2 heterocycles. The third kappa shape index (κ3) is 3.90. The Bertz CT molecular complexity index is 1090. The predicted octanol–water partition coefficient (Wildman–Crippen LogP) is 3.76. The van der Waals surface area contributed by atoms with Crippen LogP contribution in [0.4, 0.5) is 14.9 Å². The number of amides is 3. The molecule has 2 N–H and O–H groups in total. The number of rotatable bonds is 4. The lowest BCUT2D eigenvalue weighted by Crippen LogP contribution is -2.49. The summed E-state index contributed by atoms with van der Waals surface area (Å²) in [6, 6.07) is 9.59. The zero-order chi connectivity index (χ0) is 21.4. The normalized spacial score (nSPS) is 18.1. The molecule has 0 saturated heterocycles. The second kappa shape index (κ2) is 8.08. The van der Waals surface area contributed by atoms with E-state index in [0.717, 1.165) is 4.90 Å². The highest BCUT2D eigenvalue weighted by Crippen LogP contribution is 2.35. The van der Waals surface area contributed by atoms with Gasteiger partial charge in [0.25, 0.3) is 0 Å². The summed E-state index contributed by atoms with van der Waals surface area (Å²) in [6.45, 7) is -0.546. The van der Waals surface area contributed by atoms with E-state index in [1.54, 1.807) is 30.3 Å². The summed E-state index contributed by atoms with van der Waals surface area (Å²) in [4.78, 5) is 38.6. The number of nitrogens with one attached hydrogen (secondary N) is 2. The summed E-state index contributed by atoms with van der Waals surface area (Å²) >= 11 is 9.05. The minimum Gasteiger partial charge on any atom is -0.456 e. The molecule has 2 aromatic rings. The third-order valence-corrected chi connectivity index (χ3v) is 5.45. The SMILES string of the molecule is O=C(CN1C(=O)N[C@@H](c2ccc(Cl)cc2)C2=C1COC2=O)Nc1ccc(Br)cc1F. The molecule has 3 amide bonds. The average molecular weight is 495 g/mol. The summed E-state index contributed by atoms with van der Waals surface area (Å²) in [7, 11) is 0. The van der Waals surface area contributed by atoms with Gasteiger partial charge < -0.3 is 15.4 Å². The fraction of sp³-hybridized carbons (Fsp3) is 0.150. The van der Waals surface area contributed by atoms with Crippen molar-refractivity contribution in [1.82, 2.24) is 10.2 Å². The molecule has 2 aliphatic rings. The van der Waals surface area contributed by atoms with Gasteiger partial charge in [-0.25, -0.2) is 14.0 Å². The van der Waals surface area contributed by atoms with E-state index in [1.807, 2.05) is 0 Å². The predicted molar refractivity (Wildman–Crippen MR) is 110 cm³/mol. The molecule has 0 fully saturated rings. The van der Waals surface area contributed by atoms with Gasteiger partial charge in [0.05, 0.1) is 23.0 Å². The number of hydrogen-bond donors (Lipinski definition) is 2. The molecular formula is C20H14BrClFN3O4. The van der Waals surface area contributed by atoms with E-state index in [2.05, 4.69) is 26.6 Å². The van der Waals surface area contributed by atoms with Crippen molar-refractivity contribution in [3.63, 3.8) is 0 Å². The summed E-state index contributed by atoms with van der Waals surface area (Å²) in [5.41, 5.74) is 1.18. The Morgan fingerprint density at radius 2 is 2.00 bits per heavy atom. The third-order valence-electron chi connectivity index (χ3n) is 4.71. The molecule has 0 radical (unpaired) electrons. The van der Waals surface area contributed by atoms with E-state index in [-0.39, 0.29) is 17.9 Å². The van der Waals surface area contributed by atoms with Crippen LogP contribution >= 0.6 is 27.5 Å². The lowest BCUT2D eigenvalue weighted by atomic mass is 9.96. The fourth-order valence-electron chi connectivity index (χ4n) is 3.31. The minimum absolute atomic E-state index is 0.0207. The van der Waals surface area contributed by atoms with Crippen LogP contribution in [0.1, 0.15) is 11.6 Å². The minimum atomic E-state index is -0.719. The van der Waals surface area contributed by atoms with Crippen LogP contribution in [0.3, 0.4) is 0 Å². The van der Waals surface area contributed by atoms with Gasteiger partial charge in [0.1, 0.15) is 19.0 Å². The first-order valence-corrected chi connectivity index (χ1v) is 9.99. The molecule has 7 nitrogen and oxygen atoms in total. The van der Waals surface area contributed by atoms with Crippen molar-refractivity contribution >= 4 is 51.1 Å². The first kappa shape index (κ1) is 20.4. The van der Waals surface area contributed by atoms with Gasteiger partial charge in [-0.2, -0.15) is 0 Å². The smallest absolute Gasteiger partial charge is 0.338 e. The molecule has 0 bridgehead atoms. The topological polar surface area (TPSA) is 87.7 Å². The van der Waals surface area contributed by atoms with Gasteiger partial charge in [-0.15, -0.1) is 0 Å². The molecule has 0 aliphatic carbocycles. The molecule has 2 aromatic carbocycles.